The van der Waals surface area contributed by atoms with Crippen molar-refractivity contribution < 1.29 is 4.92 Å². The maximum Gasteiger partial charge on any atom is 0.378 e. The zero-order chi connectivity index (χ0) is 8.43. The molecule has 4 nitrogen and oxygen atoms in total. The fourth-order valence-corrected chi connectivity index (χ4v) is 1.03. The molecule has 5 heteroatoms. The number of hydrogen-bond donors (Lipinski definition) is 0. The largest absolute Gasteiger partial charge is 0.378 e. The molecule has 1 rings (SSSR count). The van der Waals surface area contributed by atoms with Gasteiger partial charge >= 0.3 is 5.82 Å². The molecule has 0 saturated heterocycles. The normalized spacial score (nSPS) is 9.64. The van der Waals surface area contributed by atoms with E-state index in [4.69, 9.17) is 0 Å². The second kappa shape index (κ2) is 2.96. The van der Waals surface area contributed by atoms with Crippen LogP contribution in [-0.2, 0) is 0 Å². The molecule has 0 radical (unpaired) electrons. The van der Waals surface area contributed by atoms with Crippen LogP contribution in [0.5, 0.6) is 0 Å². The summed E-state index contributed by atoms with van der Waals surface area (Å²) >= 11 is 3.08. The maximum absolute atomic E-state index is 10.3. The monoisotopic (exact) mass is 216 g/mol. The molecule has 0 unspecified atom stereocenters. The number of hydrogen-bond acceptors (Lipinski definition) is 3. The Balaban J connectivity index is 3.27. The molecule has 0 fully saturated rings. The first-order chi connectivity index (χ1) is 5.13. The Labute approximate surface area is 71.5 Å². The maximum atomic E-state index is 10.3. The van der Waals surface area contributed by atoms with Gasteiger partial charge in [-0.2, -0.15) is 0 Å². The van der Waals surface area contributed by atoms with Crippen molar-refractivity contribution in [2.24, 2.45) is 0 Å². The van der Waals surface area contributed by atoms with E-state index < -0.39 is 4.92 Å². The Morgan fingerprint density at radius 1 is 1.73 bits per heavy atom. The predicted molar refractivity (Wildman–Crippen MR) is 43.3 cm³/mol. The van der Waals surface area contributed by atoms with Crippen molar-refractivity contribution in [1.82, 2.24) is 4.98 Å². The molecule has 0 saturated carbocycles. The van der Waals surface area contributed by atoms with Crippen LogP contribution in [0.4, 0.5) is 5.82 Å². The van der Waals surface area contributed by atoms with Crippen LogP contribution in [0.1, 0.15) is 5.56 Å². The molecule has 0 aliphatic heterocycles. The zero-order valence-electron chi connectivity index (χ0n) is 5.74. The number of nitrogens with zero attached hydrogens (tertiary/aromatic N) is 2. The predicted octanol–water partition coefficient (Wildman–Crippen LogP) is 2.06. The van der Waals surface area contributed by atoms with Crippen molar-refractivity contribution >= 4 is 21.7 Å². The summed E-state index contributed by atoms with van der Waals surface area (Å²) in [5.74, 6) is -0.134. The molecular weight excluding hydrogens is 212 g/mol. The van der Waals surface area contributed by atoms with Gasteiger partial charge in [0.2, 0.25) is 0 Å². The molecule has 0 aliphatic carbocycles. The van der Waals surface area contributed by atoms with E-state index in [1.54, 1.807) is 13.0 Å². The fraction of sp³-hybridized carbons (Fsp3) is 0.167. The van der Waals surface area contributed by atoms with E-state index in [-0.39, 0.29) is 5.82 Å². The highest BCUT2D eigenvalue weighted by Gasteiger charge is 2.13. The Morgan fingerprint density at radius 3 is 2.82 bits per heavy atom. The summed E-state index contributed by atoms with van der Waals surface area (Å²) in [6, 6.07) is 1.71. The second-order valence-electron chi connectivity index (χ2n) is 2.02. The van der Waals surface area contributed by atoms with Crippen LogP contribution in [0.2, 0.25) is 0 Å². The molecule has 1 aromatic rings. The number of pyridine rings is 1. The summed E-state index contributed by atoms with van der Waals surface area (Å²) in [6.07, 6.45) is 1.41. The van der Waals surface area contributed by atoms with E-state index in [0.29, 0.717) is 4.47 Å². The van der Waals surface area contributed by atoms with E-state index in [1.807, 2.05) is 0 Å². The molecule has 0 N–H and O–H groups in total. The van der Waals surface area contributed by atoms with Gasteiger partial charge in [0.05, 0.1) is 0 Å². The van der Waals surface area contributed by atoms with E-state index in [2.05, 4.69) is 20.9 Å². The van der Waals surface area contributed by atoms with Crippen molar-refractivity contribution in [3.8, 4) is 0 Å². The number of aromatic nitrogens is 1. The third-order valence-electron chi connectivity index (χ3n) is 1.24. The molecule has 0 aliphatic rings. The van der Waals surface area contributed by atoms with Gasteiger partial charge in [0.1, 0.15) is 10.7 Å². The van der Waals surface area contributed by atoms with Crippen molar-refractivity contribution in [1.29, 1.82) is 0 Å². The highest BCUT2D eigenvalue weighted by atomic mass is 79.9. The zero-order valence-corrected chi connectivity index (χ0v) is 7.33. The average Bonchev–Trinajstić information content (AvgIpc) is 1.94. The molecule has 0 bridgehead atoms. The van der Waals surface area contributed by atoms with Gasteiger partial charge in [-0.1, -0.05) is 0 Å². The first-order valence-electron chi connectivity index (χ1n) is 2.88. The number of rotatable bonds is 1. The Kier molecular flexibility index (Phi) is 2.19. The van der Waals surface area contributed by atoms with Gasteiger partial charge < -0.3 is 10.1 Å². The van der Waals surface area contributed by atoms with Crippen molar-refractivity contribution in [2.75, 3.05) is 0 Å². The van der Waals surface area contributed by atoms with Crippen LogP contribution >= 0.6 is 15.9 Å². The summed E-state index contributed by atoms with van der Waals surface area (Å²) < 4.78 is 0.449. The third-order valence-corrected chi connectivity index (χ3v) is 2.22. The number of nitro groups is 1. The lowest BCUT2D eigenvalue weighted by Gasteiger charge is -1.96. The first-order valence-corrected chi connectivity index (χ1v) is 3.67. The average molecular weight is 217 g/mol. The summed E-state index contributed by atoms with van der Waals surface area (Å²) in [6.45, 7) is 1.78. The van der Waals surface area contributed by atoms with Gasteiger partial charge in [0.25, 0.3) is 0 Å². The Hall–Kier alpha value is -0.970. The molecule has 0 amide bonds. The van der Waals surface area contributed by atoms with Crippen LogP contribution < -0.4 is 0 Å². The topological polar surface area (TPSA) is 56.0 Å². The molecule has 11 heavy (non-hydrogen) atoms. The van der Waals surface area contributed by atoms with Crippen LogP contribution in [0.15, 0.2) is 16.7 Å². The summed E-state index contributed by atoms with van der Waals surface area (Å²) in [5, 5.41) is 10.3. The van der Waals surface area contributed by atoms with Crippen molar-refractivity contribution in [2.45, 2.75) is 6.92 Å². The molecule has 58 valence electrons. The highest BCUT2D eigenvalue weighted by Crippen LogP contribution is 2.24. The van der Waals surface area contributed by atoms with Gasteiger partial charge in [0, 0.05) is 0 Å². The molecule has 0 aromatic carbocycles. The lowest BCUT2D eigenvalue weighted by atomic mass is 10.3. The van der Waals surface area contributed by atoms with Crippen molar-refractivity contribution in [3.05, 3.63) is 32.4 Å². The fourth-order valence-electron chi connectivity index (χ4n) is 0.653. The van der Waals surface area contributed by atoms with Crippen LogP contribution in [0.25, 0.3) is 0 Å². The minimum absolute atomic E-state index is 0.134. The first kappa shape index (κ1) is 8.13. The minimum atomic E-state index is -0.517. The van der Waals surface area contributed by atoms with Gasteiger partial charge in [0.15, 0.2) is 0 Å². The molecule has 1 aromatic heterocycles. The Morgan fingerprint density at radius 2 is 2.36 bits per heavy atom. The SMILES string of the molecule is Cc1ccnc([N+](=O)[O-])c1Br. The van der Waals surface area contributed by atoms with E-state index in [9.17, 15) is 10.1 Å². The quantitative estimate of drug-likeness (QED) is 0.534. The Bertz CT molecular complexity index is 301. The number of halogens is 1. The molecule has 0 atom stereocenters. The molecule has 0 spiro atoms. The summed E-state index contributed by atoms with van der Waals surface area (Å²) in [7, 11) is 0. The van der Waals surface area contributed by atoms with Crippen LogP contribution in [0, 0.1) is 17.0 Å². The van der Waals surface area contributed by atoms with Crippen LogP contribution in [0.3, 0.4) is 0 Å². The lowest BCUT2D eigenvalue weighted by molar-refractivity contribution is -0.390. The summed E-state index contributed by atoms with van der Waals surface area (Å²) in [4.78, 5) is 13.4. The smallest absolute Gasteiger partial charge is 0.358 e. The van der Waals surface area contributed by atoms with Crippen LogP contribution in [-0.4, -0.2) is 9.91 Å². The van der Waals surface area contributed by atoms with Gasteiger partial charge in [-0.15, -0.1) is 0 Å². The van der Waals surface area contributed by atoms with Gasteiger partial charge in [-0.05, 0) is 44.4 Å². The van der Waals surface area contributed by atoms with E-state index >= 15 is 0 Å². The summed E-state index contributed by atoms with van der Waals surface area (Å²) in [5.41, 5.74) is 0.812. The van der Waals surface area contributed by atoms with Crippen molar-refractivity contribution in [3.63, 3.8) is 0 Å². The third kappa shape index (κ3) is 1.54. The van der Waals surface area contributed by atoms with Gasteiger partial charge in [-0.25, -0.2) is 0 Å². The minimum Gasteiger partial charge on any atom is -0.358 e. The highest BCUT2D eigenvalue weighted by molar-refractivity contribution is 9.10. The van der Waals surface area contributed by atoms with E-state index in [1.165, 1.54) is 6.20 Å². The standard InChI is InChI=1S/C6H5BrN2O2/c1-4-2-3-8-6(5(4)7)9(10)11/h2-3H,1H3. The lowest BCUT2D eigenvalue weighted by Crippen LogP contribution is -1.93. The number of aryl methyl sites for hydroxylation is 1. The second-order valence-corrected chi connectivity index (χ2v) is 2.82. The molecular formula is C6H5BrN2O2. The molecule has 1 heterocycles. The van der Waals surface area contributed by atoms with Gasteiger partial charge in [-0.3, -0.25) is 0 Å². The van der Waals surface area contributed by atoms with E-state index in [0.717, 1.165) is 5.56 Å².